The Morgan fingerprint density at radius 2 is 2.17 bits per heavy atom. The lowest BCUT2D eigenvalue weighted by molar-refractivity contribution is 0.199. The van der Waals surface area contributed by atoms with Gasteiger partial charge in [-0.25, -0.2) is 4.98 Å². The minimum Gasteiger partial charge on any atom is -0.448 e. The molecule has 4 nitrogen and oxygen atoms in total. The summed E-state index contributed by atoms with van der Waals surface area (Å²) in [5, 5.41) is 3.33. The number of aromatic nitrogens is 1. The van der Waals surface area contributed by atoms with Gasteiger partial charge < -0.3 is 14.5 Å². The van der Waals surface area contributed by atoms with E-state index < -0.39 is 0 Å². The number of rotatable bonds is 6. The van der Waals surface area contributed by atoms with Gasteiger partial charge in [-0.1, -0.05) is 19.8 Å². The molecule has 1 aliphatic rings. The molecule has 1 aliphatic carbocycles. The fourth-order valence-electron chi connectivity index (χ4n) is 2.65. The van der Waals surface area contributed by atoms with Gasteiger partial charge in [0.15, 0.2) is 6.39 Å². The lowest BCUT2D eigenvalue weighted by atomic mass is 9.81. The Hall–Kier alpha value is -0.870. The van der Waals surface area contributed by atoms with Gasteiger partial charge in [-0.3, -0.25) is 0 Å². The Labute approximate surface area is 109 Å². The van der Waals surface area contributed by atoms with Crippen LogP contribution in [0.5, 0.6) is 0 Å². The molecule has 0 spiro atoms. The van der Waals surface area contributed by atoms with Gasteiger partial charge in [0.05, 0.1) is 12.3 Å². The number of methoxy groups -OCH3 is 1. The number of nitrogens with zero attached hydrogens (tertiary/aromatic N) is 1. The van der Waals surface area contributed by atoms with Crippen molar-refractivity contribution in [3.63, 3.8) is 0 Å². The van der Waals surface area contributed by atoms with E-state index in [0.717, 1.165) is 37.1 Å². The van der Waals surface area contributed by atoms with Crippen LogP contribution in [0, 0.1) is 5.92 Å². The lowest BCUT2D eigenvalue weighted by Crippen LogP contribution is -2.20. The van der Waals surface area contributed by atoms with E-state index in [1.165, 1.54) is 25.7 Å². The average molecular weight is 252 g/mol. The molecule has 0 bridgehead atoms. The van der Waals surface area contributed by atoms with Crippen molar-refractivity contribution in [2.24, 2.45) is 5.92 Å². The quantitative estimate of drug-likeness (QED) is 0.791. The highest BCUT2D eigenvalue weighted by Crippen LogP contribution is 2.36. The molecule has 1 heterocycles. The van der Waals surface area contributed by atoms with E-state index in [1.807, 2.05) is 0 Å². The molecule has 0 aliphatic heterocycles. The Bertz CT molecular complexity index is 343. The zero-order valence-corrected chi connectivity index (χ0v) is 11.4. The van der Waals surface area contributed by atoms with Crippen LogP contribution >= 0.6 is 0 Å². The highest BCUT2D eigenvalue weighted by molar-refractivity contribution is 5.13. The van der Waals surface area contributed by atoms with Crippen molar-refractivity contribution in [1.29, 1.82) is 0 Å². The molecule has 0 amide bonds. The van der Waals surface area contributed by atoms with Crippen molar-refractivity contribution in [2.75, 3.05) is 20.3 Å². The second kappa shape index (κ2) is 6.90. The van der Waals surface area contributed by atoms with Gasteiger partial charge in [-0.15, -0.1) is 0 Å². The van der Waals surface area contributed by atoms with E-state index in [0.29, 0.717) is 5.92 Å². The number of nitrogens with one attached hydrogen (secondary N) is 1. The van der Waals surface area contributed by atoms with E-state index in [9.17, 15) is 0 Å². The molecule has 1 aromatic heterocycles. The molecule has 1 aromatic rings. The molecular formula is C14H24N2O2. The summed E-state index contributed by atoms with van der Waals surface area (Å²) in [6, 6.07) is 0. The smallest absolute Gasteiger partial charge is 0.181 e. The molecule has 0 unspecified atom stereocenters. The fraction of sp³-hybridized carbons (Fsp3) is 0.786. The maximum Gasteiger partial charge on any atom is 0.181 e. The topological polar surface area (TPSA) is 47.3 Å². The van der Waals surface area contributed by atoms with Gasteiger partial charge in [-0.2, -0.15) is 0 Å². The first-order valence-corrected chi connectivity index (χ1v) is 6.93. The first-order chi connectivity index (χ1) is 8.81. The summed E-state index contributed by atoms with van der Waals surface area (Å²) in [5.74, 6) is 2.54. The van der Waals surface area contributed by atoms with E-state index in [-0.39, 0.29) is 0 Å². The summed E-state index contributed by atoms with van der Waals surface area (Å²) in [7, 11) is 1.71. The van der Waals surface area contributed by atoms with Gasteiger partial charge in [0.2, 0.25) is 0 Å². The highest BCUT2D eigenvalue weighted by atomic mass is 16.5. The molecule has 0 aromatic carbocycles. The summed E-state index contributed by atoms with van der Waals surface area (Å²) >= 11 is 0. The molecule has 0 radical (unpaired) electrons. The molecule has 2 rings (SSSR count). The van der Waals surface area contributed by atoms with Crippen LogP contribution in [0.2, 0.25) is 0 Å². The van der Waals surface area contributed by atoms with Gasteiger partial charge in [-0.05, 0) is 18.8 Å². The van der Waals surface area contributed by atoms with Crippen molar-refractivity contribution in [3.05, 3.63) is 17.8 Å². The van der Waals surface area contributed by atoms with Crippen molar-refractivity contribution >= 4 is 0 Å². The van der Waals surface area contributed by atoms with Crippen molar-refractivity contribution < 1.29 is 9.15 Å². The molecule has 1 saturated carbocycles. The largest absolute Gasteiger partial charge is 0.448 e. The molecule has 0 atom stereocenters. The van der Waals surface area contributed by atoms with Gasteiger partial charge >= 0.3 is 0 Å². The second-order valence-corrected chi connectivity index (χ2v) is 5.29. The SMILES string of the molecule is COCCNCc1ncoc1C1CCC(C)CC1. The van der Waals surface area contributed by atoms with E-state index >= 15 is 0 Å². The summed E-state index contributed by atoms with van der Waals surface area (Å²) in [4.78, 5) is 4.34. The number of oxazole rings is 1. The van der Waals surface area contributed by atoms with Crippen LogP contribution in [0.25, 0.3) is 0 Å². The third kappa shape index (κ3) is 3.56. The summed E-state index contributed by atoms with van der Waals surface area (Å²) in [5.41, 5.74) is 1.07. The first kappa shape index (κ1) is 13.6. The van der Waals surface area contributed by atoms with Crippen LogP contribution in [0.15, 0.2) is 10.8 Å². The Morgan fingerprint density at radius 1 is 1.39 bits per heavy atom. The molecule has 4 heteroatoms. The maximum absolute atomic E-state index is 5.61. The van der Waals surface area contributed by atoms with Crippen LogP contribution in [-0.2, 0) is 11.3 Å². The summed E-state index contributed by atoms with van der Waals surface area (Å²) in [6.07, 6.45) is 6.67. The van der Waals surface area contributed by atoms with Crippen LogP contribution in [0.4, 0.5) is 0 Å². The molecular weight excluding hydrogens is 228 g/mol. The van der Waals surface area contributed by atoms with Crippen LogP contribution < -0.4 is 5.32 Å². The van der Waals surface area contributed by atoms with Gasteiger partial charge in [0, 0.05) is 26.1 Å². The predicted octanol–water partition coefficient (Wildman–Crippen LogP) is 2.70. The molecule has 18 heavy (non-hydrogen) atoms. The standard InChI is InChI=1S/C14H24N2O2/c1-11-3-5-12(6-4-11)14-13(16-10-18-14)9-15-7-8-17-2/h10-12,15H,3-9H2,1-2H3. The zero-order valence-electron chi connectivity index (χ0n) is 11.4. The van der Waals surface area contributed by atoms with Crippen LogP contribution in [-0.4, -0.2) is 25.2 Å². The Kier molecular flexibility index (Phi) is 5.20. The second-order valence-electron chi connectivity index (χ2n) is 5.29. The fourth-order valence-corrected chi connectivity index (χ4v) is 2.65. The predicted molar refractivity (Wildman–Crippen MR) is 70.5 cm³/mol. The minimum absolute atomic E-state index is 0.572. The van der Waals surface area contributed by atoms with E-state index in [2.05, 4.69) is 17.2 Å². The van der Waals surface area contributed by atoms with E-state index in [1.54, 1.807) is 13.5 Å². The first-order valence-electron chi connectivity index (χ1n) is 6.93. The Morgan fingerprint density at radius 3 is 2.89 bits per heavy atom. The van der Waals surface area contributed by atoms with Crippen molar-refractivity contribution in [2.45, 2.75) is 45.1 Å². The number of hydrogen-bond acceptors (Lipinski definition) is 4. The monoisotopic (exact) mass is 252 g/mol. The van der Waals surface area contributed by atoms with Crippen molar-refractivity contribution in [3.8, 4) is 0 Å². The third-order valence-electron chi connectivity index (χ3n) is 3.83. The van der Waals surface area contributed by atoms with E-state index in [4.69, 9.17) is 9.15 Å². The molecule has 1 fully saturated rings. The van der Waals surface area contributed by atoms with Gasteiger partial charge in [0.1, 0.15) is 5.76 Å². The minimum atomic E-state index is 0.572. The maximum atomic E-state index is 5.61. The molecule has 1 N–H and O–H groups in total. The number of ether oxygens (including phenoxy) is 1. The normalized spacial score (nSPS) is 24.3. The lowest BCUT2D eigenvalue weighted by Gasteiger charge is -2.25. The molecule has 102 valence electrons. The third-order valence-corrected chi connectivity index (χ3v) is 3.83. The Balaban J connectivity index is 1.87. The van der Waals surface area contributed by atoms with Crippen LogP contribution in [0.1, 0.15) is 50.0 Å². The number of hydrogen-bond donors (Lipinski definition) is 1. The summed E-state index contributed by atoms with van der Waals surface area (Å²) < 4.78 is 10.6. The highest BCUT2D eigenvalue weighted by Gasteiger charge is 2.24. The summed E-state index contributed by atoms with van der Waals surface area (Å²) in [6.45, 7) is 4.70. The molecule has 0 saturated heterocycles. The van der Waals surface area contributed by atoms with Crippen molar-refractivity contribution in [1.82, 2.24) is 10.3 Å². The van der Waals surface area contributed by atoms with Gasteiger partial charge in [0.25, 0.3) is 0 Å². The van der Waals surface area contributed by atoms with Crippen LogP contribution in [0.3, 0.4) is 0 Å². The average Bonchev–Trinajstić information content (AvgIpc) is 2.84. The zero-order chi connectivity index (χ0) is 12.8.